The summed E-state index contributed by atoms with van der Waals surface area (Å²) in [4.78, 5) is 24.9. The van der Waals surface area contributed by atoms with Crippen molar-refractivity contribution in [3.8, 4) is 5.75 Å². The summed E-state index contributed by atoms with van der Waals surface area (Å²) in [5.41, 5.74) is 0.0733. The average Bonchev–Trinajstić information content (AvgIpc) is 3.43. The van der Waals surface area contributed by atoms with Crippen LogP contribution in [0.2, 0.25) is 5.02 Å². The smallest absolute Gasteiger partial charge is 0.490 e. The van der Waals surface area contributed by atoms with Crippen LogP contribution in [0.5, 0.6) is 5.75 Å². The predicted molar refractivity (Wildman–Crippen MR) is 126 cm³/mol. The zero-order valence-electron chi connectivity index (χ0n) is 19.6. The molecule has 9 nitrogen and oxygen atoms in total. The number of carbonyl (C=O) groups excluding carboxylic acids is 2. The van der Waals surface area contributed by atoms with Gasteiger partial charge in [0, 0.05) is 6.04 Å². The third-order valence-electron chi connectivity index (χ3n) is 6.31. The maximum Gasteiger partial charge on any atom is 0.490 e. The lowest BCUT2D eigenvalue weighted by molar-refractivity contribution is -0.198. The number of sulfone groups is 1. The lowest BCUT2D eigenvalue weighted by atomic mass is 10.1. The molecule has 0 aliphatic heterocycles. The van der Waals surface area contributed by atoms with Crippen LogP contribution in [-0.4, -0.2) is 74.6 Å². The summed E-state index contributed by atoms with van der Waals surface area (Å²) in [5.74, 6) is -3.04. The van der Waals surface area contributed by atoms with E-state index in [4.69, 9.17) is 11.6 Å². The van der Waals surface area contributed by atoms with Gasteiger partial charge in [0.1, 0.15) is 11.5 Å². The molecule has 0 radical (unpaired) electrons. The highest BCUT2D eigenvalue weighted by atomic mass is 35.5. The third-order valence-corrected chi connectivity index (χ3v) is 9.07. The van der Waals surface area contributed by atoms with Crippen molar-refractivity contribution in [3.05, 3.63) is 28.8 Å². The lowest BCUT2D eigenvalue weighted by Crippen LogP contribution is -2.40. The highest BCUT2D eigenvalue weighted by Gasteiger charge is 2.43. The van der Waals surface area contributed by atoms with Gasteiger partial charge in [-0.2, -0.15) is 13.2 Å². The molecule has 0 bridgehead atoms. The molecule has 1 fully saturated rings. The molecular formula is C22H27ClF3N3O6S. The fourth-order valence-electron chi connectivity index (χ4n) is 4.56. The number of amides is 2. The Kier molecular flexibility index (Phi) is 8.46. The van der Waals surface area contributed by atoms with E-state index in [1.54, 1.807) is 20.2 Å². The monoisotopic (exact) mass is 553 g/mol. The van der Waals surface area contributed by atoms with E-state index in [1.807, 2.05) is 4.90 Å². The summed E-state index contributed by atoms with van der Waals surface area (Å²) < 4.78 is 68.2. The first-order chi connectivity index (χ1) is 16.7. The first-order valence-electron chi connectivity index (χ1n) is 11.2. The summed E-state index contributed by atoms with van der Waals surface area (Å²) in [7, 11) is -0.504. The fraction of sp³-hybridized carbons (Fsp3) is 0.545. The Morgan fingerprint density at radius 1 is 1.22 bits per heavy atom. The highest BCUT2D eigenvalue weighted by molar-refractivity contribution is 7.92. The van der Waals surface area contributed by atoms with Gasteiger partial charge in [0.05, 0.1) is 22.0 Å². The molecular weight excluding hydrogens is 527 g/mol. The molecule has 0 saturated heterocycles. The molecule has 3 N–H and O–H groups in total. The van der Waals surface area contributed by atoms with Gasteiger partial charge in [-0.3, -0.25) is 0 Å². The van der Waals surface area contributed by atoms with Gasteiger partial charge in [-0.05, 0) is 57.5 Å². The zero-order chi connectivity index (χ0) is 26.8. The number of urea groups is 1. The molecule has 3 atom stereocenters. The molecule has 3 rings (SSSR count). The maximum atomic E-state index is 13.4. The molecule has 2 amide bonds. The summed E-state index contributed by atoms with van der Waals surface area (Å²) >= 11 is 6.17. The van der Waals surface area contributed by atoms with Crippen molar-refractivity contribution >= 4 is 39.1 Å². The van der Waals surface area contributed by atoms with Crippen LogP contribution in [-0.2, 0) is 19.4 Å². The number of alkyl halides is 3. The fourth-order valence-corrected chi connectivity index (χ4v) is 7.33. The number of aromatic hydroxyl groups is 1. The quantitative estimate of drug-likeness (QED) is 0.267. The van der Waals surface area contributed by atoms with Crippen molar-refractivity contribution in [1.29, 1.82) is 0 Å². The number of hydrogen-bond acceptors (Lipinski definition) is 7. The number of ether oxygens (including phenoxy) is 1. The van der Waals surface area contributed by atoms with Gasteiger partial charge in [-0.1, -0.05) is 24.1 Å². The van der Waals surface area contributed by atoms with Gasteiger partial charge in [-0.15, -0.1) is 0 Å². The van der Waals surface area contributed by atoms with Crippen LogP contribution in [0.25, 0.3) is 0 Å². The number of phenols is 1. The molecule has 1 saturated carbocycles. The Morgan fingerprint density at radius 2 is 1.92 bits per heavy atom. The summed E-state index contributed by atoms with van der Waals surface area (Å²) in [5, 5.41) is 14.7. The van der Waals surface area contributed by atoms with Gasteiger partial charge < -0.3 is 25.4 Å². The highest BCUT2D eigenvalue weighted by Crippen LogP contribution is 2.42. The number of phenolic OH excluding ortho intramolecular Hbond substituents is 1. The largest absolute Gasteiger partial charge is 0.504 e. The second-order valence-electron chi connectivity index (χ2n) is 8.90. The van der Waals surface area contributed by atoms with E-state index < -0.39 is 56.6 Å². The Labute approximate surface area is 211 Å². The van der Waals surface area contributed by atoms with E-state index in [0.29, 0.717) is 32.1 Å². The molecule has 0 aromatic heterocycles. The van der Waals surface area contributed by atoms with Gasteiger partial charge >= 0.3 is 18.2 Å². The van der Waals surface area contributed by atoms with Crippen LogP contribution >= 0.6 is 11.6 Å². The van der Waals surface area contributed by atoms with E-state index in [9.17, 15) is 36.3 Å². The van der Waals surface area contributed by atoms with Crippen molar-refractivity contribution in [1.82, 2.24) is 10.2 Å². The van der Waals surface area contributed by atoms with E-state index in [1.165, 1.54) is 12.1 Å². The minimum absolute atomic E-state index is 0.185. The van der Waals surface area contributed by atoms with Crippen LogP contribution < -0.4 is 10.6 Å². The normalized spacial score (nSPS) is 22.4. The topological polar surface area (TPSA) is 125 Å². The van der Waals surface area contributed by atoms with E-state index in [0.717, 1.165) is 0 Å². The summed E-state index contributed by atoms with van der Waals surface area (Å²) in [6.07, 6.45) is -1.02. The van der Waals surface area contributed by atoms with Crippen molar-refractivity contribution in [3.63, 3.8) is 0 Å². The lowest BCUT2D eigenvalue weighted by Gasteiger charge is -2.27. The molecule has 36 heavy (non-hydrogen) atoms. The minimum Gasteiger partial charge on any atom is -0.504 e. The zero-order valence-corrected chi connectivity index (χ0v) is 21.1. The van der Waals surface area contributed by atoms with Crippen molar-refractivity contribution in [2.45, 2.75) is 60.5 Å². The van der Waals surface area contributed by atoms with Crippen LogP contribution in [0.3, 0.4) is 0 Å². The molecule has 0 heterocycles. The van der Waals surface area contributed by atoms with Gasteiger partial charge in [0.25, 0.3) is 0 Å². The number of allylic oxidation sites excluding steroid dienone is 1. The number of nitrogens with zero attached hydrogens (tertiary/aromatic N) is 1. The molecule has 2 aliphatic carbocycles. The number of nitrogens with one attached hydrogen (secondary N) is 2. The summed E-state index contributed by atoms with van der Waals surface area (Å²) in [6, 6.07) is 0.668. The van der Waals surface area contributed by atoms with Gasteiger partial charge in [-0.25, -0.2) is 18.0 Å². The minimum atomic E-state index is -5.13. The number of anilines is 1. The molecule has 200 valence electrons. The second-order valence-corrected chi connectivity index (χ2v) is 11.4. The first kappa shape index (κ1) is 28.1. The molecule has 2 aliphatic rings. The van der Waals surface area contributed by atoms with Gasteiger partial charge in [0.2, 0.25) is 0 Å². The van der Waals surface area contributed by atoms with Crippen LogP contribution in [0, 0.1) is 0 Å². The van der Waals surface area contributed by atoms with E-state index >= 15 is 0 Å². The van der Waals surface area contributed by atoms with Crippen LogP contribution in [0.15, 0.2) is 28.7 Å². The average molecular weight is 554 g/mol. The van der Waals surface area contributed by atoms with Crippen LogP contribution in [0.4, 0.5) is 23.7 Å². The Hall–Kier alpha value is -2.51. The SMILES string of the molecule is CN(C)[C@@H]1CCC[C@@H]1S(=O)(=O)c1c(Cl)ccc(NC(=O)N[C@@H]2CCC=C2COC(=O)C(F)(F)F)c1O. The summed E-state index contributed by atoms with van der Waals surface area (Å²) in [6.45, 7) is -0.647. The number of esters is 1. The Morgan fingerprint density at radius 3 is 2.56 bits per heavy atom. The Balaban J connectivity index is 1.73. The number of hydrogen-bond donors (Lipinski definition) is 3. The molecule has 14 heteroatoms. The standard InChI is InChI=1S/C22H27ClF3N3O6S/c1-29(2)16-7-4-8-17(16)36(33,34)19-13(23)9-10-15(18(19)30)28-21(32)27-14-6-3-5-12(14)11-35-20(31)22(24,25)26/h5,9-10,14,16-17,30H,3-4,6-8,11H2,1-2H3,(H2,27,28,32)/t14-,16-,17+/m1/s1. The van der Waals surface area contributed by atoms with E-state index in [2.05, 4.69) is 15.4 Å². The first-order valence-corrected chi connectivity index (χ1v) is 13.1. The van der Waals surface area contributed by atoms with Crippen molar-refractivity contribution < 1.29 is 41.0 Å². The Bertz CT molecular complexity index is 1160. The van der Waals surface area contributed by atoms with Crippen molar-refractivity contribution in [2.75, 3.05) is 26.0 Å². The van der Waals surface area contributed by atoms with E-state index in [-0.39, 0.29) is 22.3 Å². The maximum absolute atomic E-state index is 13.4. The number of halogens is 4. The van der Waals surface area contributed by atoms with Crippen molar-refractivity contribution in [2.24, 2.45) is 0 Å². The third kappa shape index (κ3) is 6.06. The molecule has 0 unspecified atom stereocenters. The number of carbonyl (C=O) groups is 2. The second kappa shape index (κ2) is 10.9. The molecule has 0 spiro atoms. The number of rotatable bonds is 7. The molecule has 1 aromatic carbocycles. The van der Waals surface area contributed by atoms with Gasteiger partial charge in [0.15, 0.2) is 15.6 Å². The predicted octanol–water partition coefficient (Wildman–Crippen LogP) is 3.62. The van der Waals surface area contributed by atoms with Crippen LogP contribution in [0.1, 0.15) is 32.1 Å². The number of benzene rings is 1. The molecule has 1 aromatic rings.